The zero-order chi connectivity index (χ0) is 19.2. The molecule has 0 radical (unpaired) electrons. The van der Waals surface area contributed by atoms with Gasteiger partial charge >= 0.3 is 0 Å². The SMILES string of the molecule is CC(C)(C)c1ccc(C(=O)N2C[C@H]3CC[C@@H]2CN(C(=O)C2CCC2)C3)cc1. The summed E-state index contributed by atoms with van der Waals surface area (Å²) in [5.74, 6) is 1.13. The van der Waals surface area contributed by atoms with Gasteiger partial charge in [-0.3, -0.25) is 9.59 Å². The van der Waals surface area contributed by atoms with Crippen LogP contribution in [0.3, 0.4) is 0 Å². The van der Waals surface area contributed by atoms with Gasteiger partial charge in [-0.05, 0) is 54.7 Å². The maximum atomic E-state index is 13.2. The minimum absolute atomic E-state index is 0.0889. The summed E-state index contributed by atoms with van der Waals surface area (Å²) < 4.78 is 0. The predicted octanol–water partition coefficient (Wildman–Crippen LogP) is 3.85. The van der Waals surface area contributed by atoms with Gasteiger partial charge in [-0.25, -0.2) is 0 Å². The van der Waals surface area contributed by atoms with Crippen LogP contribution < -0.4 is 0 Å². The van der Waals surface area contributed by atoms with Crippen LogP contribution in [0.1, 0.15) is 68.8 Å². The molecule has 0 aromatic heterocycles. The Morgan fingerprint density at radius 1 is 0.926 bits per heavy atom. The maximum Gasteiger partial charge on any atom is 0.254 e. The van der Waals surface area contributed by atoms with E-state index in [0.29, 0.717) is 11.8 Å². The molecule has 3 saturated heterocycles. The summed E-state index contributed by atoms with van der Waals surface area (Å²) in [6, 6.07) is 8.27. The Balaban J connectivity index is 1.49. The maximum absolute atomic E-state index is 13.2. The van der Waals surface area contributed by atoms with Crippen LogP contribution in [0, 0.1) is 11.8 Å². The fourth-order valence-corrected chi connectivity index (χ4v) is 4.70. The van der Waals surface area contributed by atoms with Crippen LogP contribution in [0.5, 0.6) is 0 Å². The molecule has 0 unspecified atom stereocenters. The number of rotatable bonds is 2. The lowest BCUT2D eigenvalue weighted by Crippen LogP contribution is -2.48. The third-order valence-electron chi connectivity index (χ3n) is 6.74. The summed E-state index contributed by atoms with van der Waals surface area (Å²) in [5.41, 5.74) is 2.10. The molecule has 4 nitrogen and oxygen atoms in total. The highest BCUT2D eigenvalue weighted by atomic mass is 16.2. The van der Waals surface area contributed by atoms with Crippen molar-refractivity contribution in [1.29, 1.82) is 0 Å². The molecule has 4 aliphatic rings. The Morgan fingerprint density at radius 2 is 1.63 bits per heavy atom. The van der Waals surface area contributed by atoms with E-state index in [2.05, 4.69) is 37.8 Å². The Bertz CT molecular complexity index is 715. The van der Waals surface area contributed by atoms with E-state index in [1.54, 1.807) is 0 Å². The Morgan fingerprint density at radius 3 is 2.22 bits per heavy atom. The molecule has 1 aliphatic carbocycles. The molecule has 2 bridgehead atoms. The molecule has 4 fully saturated rings. The fraction of sp³-hybridized carbons (Fsp3) is 0.652. The number of carbonyl (C=O) groups is 2. The molecule has 1 aromatic rings. The third kappa shape index (κ3) is 3.63. The first kappa shape index (κ1) is 18.5. The molecule has 2 atom stereocenters. The van der Waals surface area contributed by atoms with E-state index in [-0.39, 0.29) is 23.3 Å². The van der Waals surface area contributed by atoms with Gasteiger partial charge in [0.2, 0.25) is 5.91 Å². The Hall–Kier alpha value is -1.84. The van der Waals surface area contributed by atoms with Crippen molar-refractivity contribution in [3.63, 3.8) is 0 Å². The first-order valence-electron chi connectivity index (χ1n) is 10.5. The second kappa shape index (κ2) is 6.96. The smallest absolute Gasteiger partial charge is 0.254 e. The molecular formula is C23H32N2O2. The zero-order valence-corrected chi connectivity index (χ0v) is 16.9. The van der Waals surface area contributed by atoms with Crippen LogP contribution in [-0.2, 0) is 10.2 Å². The molecule has 2 amide bonds. The van der Waals surface area contributed by atoms with Crippen LogP contribution in [0.25, 0.3) is 0 Å². The van der Waals surface area contributed by atoms with E-state index < -0.39 is 0 Å². The fourth-order valence-electron chi connectivity index (χ4n) is 4.70. The van der Waals surface area contributed by atoms with E-state index >= 15 is 0 Å². The van der Waals surface area contributed by atoms with Crippen molar-refractivity contribution in [3.05, 3.63) is 35.4 Å². The number of hydrogen-bond donors (Lipinski definition) is 0. The first-order chi connectivity index (χ1) is 12.8. The lowest BCUT2D eigenvalue weighted by Gasteiger charge is -2.36. The van der Waals surface area contributed by atoms with E-state index in [0.717, 1.165) is 50.9 Å². The van der Waals surface area contributed by atoms with Crippen molar-refractivity contribution < 1.29 is 9.59 Å². The second-order valence-corrected chi connectivity index (χ2v) is 9.75. The molecule has 3 heterocycles. The summed E-state index contributed by atoms with van der Waals surface area (Å²) in [7, 11) is 0. The minimum Gasteiger partial charge on any atom is -0.340 e. The van der Waals surface area contributed by atoms with Crippen molar-refractivity contribution in [3.8, 4) is 0 Å². The average Bonchev–Trinajstić information content (AvgIpc) is 2.91. The van der Waals surface area contributed by atoms with Crippen molar-refractivity contribution >= 4 is 11.8 Å². The van der Waals surface area contributed by atoms with Crippen LogP contribution in [-0.4, -0.2) is 47.3 Å². The van der Waals surface area contributed by atoms with Gasteiger partial charge in [-0.15, -0.1) is 0 Å². The van der Waals surface area contributed by atoms with E-state index in [9.17, 15) is 9.59 Å². The largest absolute Gasteiger partial charge is 0.340 e. The molecule has 0 N–H and O–H groups in total. The number of amides is 2. The van der Waals surface area contributed by atoms with Crippen LogP contribution in [0.4, 0.5) is 0 Å². The van der Waals surface area contributed by atoms with E-state index in [1.165, 1.54) is 12.0 Å². The van der Waals surface area contributed by atoms with E-state index in [1.807, 2.05) is 17.0 Å². The topological polar surface area (TPSA) is 40.6 Å². The molecule has 0 spiro atoms. The summed E-state index contributed by atoms with van der Waals surface area (Å²) in [6.45, 7) is 8.90. The van der Waals surface area contributed by atoms with Crippen molar-refractivity contribution in [2.24, 2.45) is 11.8 Å². The number of nitrogens with zero attached hydrogens (tertiary/aromatic N) is 2. The van der Waals surface area contributed by atoms with Gasteiger partial charge in [-0.1, -0.05) is 39.3 Å². The second-order valence-electron chi connectivity index (χ2n) is 9.75. The summed E-state index contributed by atoms with van der Waals surface area (Å²) in [4.78, 5) is 30.1. The summed E-state index contributed by atoms with van der Waals surface area (Å²) >= 11 is 0. The zero-order valence-electron chi connectivity index (χ0n) is 16.9. The molecular weight excluding hydrogens is 336 g/mol. The first-order valence-corrected chi connectivity index (χ1v) is 10.5. The molecule has 146 valence electrons. The standard InChI is InChI=1S/C23H32N2O2/c1-23(2,3)19-10-8-18(9-11-19)22(27)25-14-16-7-12-20(25)15-24(13-16)21(26)17-5-4-6-17/h8-11,16-17,20H,4-7,12-15H2,1-3H3/t16-,20+/m0/s1. The molecule has 1 aromatic carbocycles. The molecule has 27 heavy (non-hydrogen) atoms. The average molecular weight is 369 g/mol. The normalized spacial score (nSPS) is 25.9. The number of hydrogen-bond acceptors (Lipinski definition) is 2. The summed E-state index contributed by atoms with van der Waals surface area (Å²) in [5, 5.41) is 0. The van der Waals surface area contributed by atoms with Crippen LogP contribution in [0.2, 0.25) is 0 Å². The molecule has 3 aliphatic heterocycles. The highest BCUT2D eigenvalue weighted by Crippen LogP contribution is 2.33. The predicted molar refractivity (Wildman–Crippen MR) is 107 cm³/mol. The third-order valence-corrected chi connectivity index (χ3v) is 6.74. The number of piperidine rings is 1. The monoisotopic (exact) mass is 368 g/mol. The number of fused-ring (bicyclic) bond motifs is 4. The number of benzene rings is 1. The van der Waals surface area contributed by atoms with Gasteiger partial charge in [-0.2, -0.15) is 0 Å². The van der Waals surface area contributed by atoms with Gasteiger partial charge < -0.3 is 9.80 Å². The van der Waals surface area contributed by atoms with Crippen LogP contribution >= 0.6 is 0 Å². The lowest BCUT2D eigenvalue weighted by atomic mass is 9.84. The lowest BCUT2D eigenvalue weighted by molar-refractivity contribution is -0.138. The van der Waals surface area contributed by atoms with Gasteiger partial charge in [0.25, 0.3) is 5.91 Å². The highest BCUT2D eigenvalue weighted by Gasteiger charge is 2.40. The molecule has 5 rings (SSSR count). The van der Waals surface area contributed by atoms with Crippen molar-refractivity contribution in [1.82, 2.24) is 9.80 Å². The summed E-state index contributed by atoms with van der Waals surface area (Å²) in [6.07, 6.45) is 5.43. The number of carbonyl (C=O) groups excluding carboxylic acids is 2. The van der Waals surface area contributed by atoms with Gasteiger partial charge in [0, 0.05) is 37.2 Å². The van der Waals surface area contributed by atoms with Crippen molar-refractivity contribution in [2.75, 3.05) is 19.6 Å². The Kier molecular flexibility index (Phi) is 4.77. The van der Waals surface area contributed by atoms with Crippen LogP contribution in [0.15, 0.2) is 24.3 Å². The molecule has 1 saturated carbocycles. The Labute approximate surface area is 162 Å². The van der Waals surface area contributed by atoms with E-state index in [4.69, 9.17) is 0 Å². The highest BCUT2D eigenvalue weighted by molar-refractivity contribution is 5.94. The van der Waals surface area contributed by atoms with Gasteiger partial charge in [0.1, 0.15) is 0 Å². The van der Waals surface area contributed by atoms with Gasteiger partial charge in [0.05, 0.1) is 0 Å². The van der Waals surface area contributed by atoms with Gasteiger partial charge in [0.15, 0.2) is 0 Å². The quantitative estimate of drug-likeness (QED) is 0.796. The molecule has 4 heteroatoms. The minimum atomic E-state index is 0.0889. The van der Waals surface area contributed by atoms with Crippen molar-refractivity contribution in [2.45, 2.75) is 64.3 Å².